The fraction of sp³-hybridized carbons (Fsp3) is 0.105. The second-order valence-electron chi connectivity index (χ2n) is 5.76. The zero-order valence-electron chi connectivity index (χ0n) is 14.5. The van der Waals surface area contributed by atoms with Crippen molar-refractivity contribution in [2.45, 2.75) is 6.54 Å². The molecule has 0 bridgehead atoms. The van der Waals surface area contributed by atoms with Crippen LogP contribution in [0.15, 0.2) is 65.2 Å². The summed E-state index contributed by atoms with van der Waals surface area (Å²) in [5.41, 5.74) is 1.36. The number of nitro groups is 1. The van der Waals surface area contributed by atoms with Gasteiger partial charge in [-0.05, 0) is 11.6 Å². The van der Waals surface area contributed by atoms with Crippen LogP contribution in [0.4, 0.5) is 5.69 Å². The maximum Gasteiger partial charge on any atom is 0.270 e. The molecule has 136 valence electrons. The normalized spacial score (nSPS) is 10.9. The molecule has 3 aromatic rings. The number of amides is 1. The molecule has 0 fully saturated rings. The molecule has 0 spiro atoms. The SMILES string of the molecule is CN(Cc1nc(-c2ccccc2)no1)C(=O)/C=C/c1cccc([N+](=O)[O-])c1. The highest BCUT2D eigenvalue weighted by Gasteiger charge is 2.13. The van der Waals surface area contributed by atoms with E-state index in [9.17, 15) is 14.9 Å². The Morgan fingerprint density at radius 2 is 2.00 bits per heavy atom. The Hall–Kier alpha value is -3.81. The standard InChI is InChI=1S/C19H16N4O4/c1-22(13-17-20-19(21-27-17)15-7-3-2-4-8-15)18(24)11-10-14-6-5-9-16(12-14)23(25)26/h2-12H,13H2,1H3/b11-10+. The van der Waals surface area contributed by atoms with E-state index in [1.807, 2.05) is 30.3 Å². The number of nitrogens with zero attached hydrogens (tertiary/aromatic N) is 4. The molecule has 0 aliphatic rings. The second kappa shape index (κ2) is 8.05. The minimum Gasteiger partial charge on any atom is -0.337 e. The minimum absolute atomic E-state index is 0.0303. The first-order valence-electron chi connectivity index (χ1n) is 8.08. The first-order valence-corrected chi connectivity index (χ1v) is 8.08. The largest absolute Gasteiger partial charge is 0.337 e. The summed E-state index contributed by atoms with van der Waals surface area (Å²) in [6.45, 7) is 0.151. The molecule has 1 aromatic heterocycles. The van der Waals surface area contributed by atoms with E-state index in [1.165, 1.54) is 29.2 Å². The third-order valence-electron chi connectivity index (χ3n) is 3.75. The number of benzene rings is 2. The van der Waals surface area contributed by atoms with Crippen LogP contribution in [-0.4, -0.2) is 32.9 Å². The molecule has 0 aliphatic carbocycles. The summed E-state index contributed by atoms with van der Waals surface area (Å²) in [6.07, 6.45) is 2.86. The minimum atomic E-state index is -0.481. The van der Waals surface area contributed by atoms with Gasteiger partial charge in [-0.3, -0.25) is 14.9 Å². The van der Waals surface area contributed by atoms with Crippen LogP contribution in [-0.2, 0) is 11.3 Å². The van der Waals surface area contributed by atoms with Crippen molar-refractivity contribution in [2.24, 2.45) is 0 Å². The fourth-order valence-corrected chi connectivity index (χ4v) is 2.34. The van der Waals surface area contributed by atoms with E-state index in [-0.39, 0.29) is 18.1 Å². The summed E-state index contributed by atoms with van der Waals surface area (Å²) in [5, 5.41) is 14.7. The lowest BCUT2D eigenvalue weighted by Crippen LogP contribution is -2.24. The van der Waals surface area contributed by atoms with Crippen LogP contribution in [0.5, 0.6) is 0 Å². The lowest BCUT2D eigenvalue weighted by molar-refractivity contribution is -0.384. The van der Waals surface area contributed by atoms with Crippen molar-refractivity contribution in [2.75, 3.05) is 7.05 Å². The molecule has 8 nitrogen and oxygen atoms in total. The third-order valence-corrected chi connectivity index (χ3v) is 3.75. The van der Waals surface area contributed by atoms with Crippen LogP contribution in [0, 0.1) is 10.1 Å². The lowest BCUT2D eigenvalue weighted by atomic mass is 10.2. The van der Waals surface area contributed by atoms with E-state index in [4.69, 9.17) is 4.52 Å². The summed E-state index contributed by atoms with van der Waals surface area (Å²) in [6, 6.07) is 15.4. The predicted molar refractivity (Wildman–Crippen MR) is 98.3 cm³/mol. The highest BCUT2D eigenvalue weighted by molar-refractivity contribution is 5.91. The van der Waals surface area contributed by atoms with E-state index < -0.39 is 4.92 Å². The van der Waals surface area contributed by atoms with Crippen LogP contribution in [0.1, 0.15) is 11.5 Å². The van der Waals surface area contributed by atoms with Gasteiger partial charge in [0.25, 0.3) is 5.69 Å². The molecular weight excluding hydrogens is 348 g/mol. The maximum absolute atomic E-state index is 12.2. The summed E-state index contributed by atoms with van der Waals surface area (Å²) >= 11 is 0. The number of hydrogen-bond donors (Lipinski definition) is 0. The van der Waals surface area contributed by atoms with Gasteiger partial charge in [0, 0.05) is 30.8 Å². The molecule has 8 heteroatoms. The molecule has 0 atom stereocenters. The monoisotopic (exact) mass is 364 g/mol. The van der Waals surface area contributed by atoms with Crippen molar-refractivity contribution in [3.8, 4) is 11.4 Å². The number of likely N-dealkylation sites (N-methyl/N-ethyl adjacent to an activating group) is 1. The van der Waals surface area contributed by atoms with Crippen molar-refractivity contribution in [1.29, 1.82) is 0 Å². The average molecular weight is 364 g/mol. The molecule has 1 heterocycles. The zero-order chi connectivity index (χ0) is 19.2. The van der Waals surface area contributed by atoms with Crippen LogP contribution >= 0.6 is 0 Å². The Balaban J connectivity index is 1.63. The second-order valence-corrected chi connectivity index (χ2v) is 5.76. The van der Waals surface area contributed by atoms with Gasteiger partial charge in [0.1, 0.15) is 0 Å². The number of aromatic nitrogens is 2. The summed E-state index contributed by atoms with van der Waals surface area (Å²) in [7, 11) is 1.60. The van der Waals surface area contributed by atoms with Gasteiger partial charge in [0.05, 0.1) is 11.5 Å². The third kappa shape index (κ3) is 4.63. The molecule has 0 N–H and O–H groups in total. The first-order chi connectivity index (χ1) is 13.0. The molecule has 0 saturated heterocycles. The summed E-state index contributed by atoms with van der Waals surface area (Å²) < 4.78 is 5.19. The molecule has 3 rings (SSSR count). The van der Waals surface area contributed by atoms with Crippen molar-refractivity contribution < 1.29 is 14.2 Å². The maximum atomic E-state index is 12.2. The van der Waals surface area contributed by atoms with E-state index in [2.05, 4.69) is 10.1 Å². The van der Waals surface area contributed by atoms with Gasteiger partial charge in [-0.25, -0.2) is 0 Å². The first kappa shape index (κ1) is 18.0. The Labute approximate surface area is 154 Å². The Kier molecular flexibility index (Phi) is 5.36. The highest BCUT2D eigenvalue weighted by atomic mass is 16.6. The number of non-ortho nitro benzene ring substituents is 1. The fourth-order valence-electron chi connectivity index (χ4n) is 2.34. The molecule has 0 saturated carbocycles. The number of carbonyl (C=O) groups is 1. The van der Waals surface area contributed by atoms with E-state index in [1.54, 1.807) is 19.2 Å². The lowest BCUT2D eigenvalue weighted by Gasteiger charge is -2.11. The predicted octanol–water partition coefficient (Wildman–Crippen LogP) is 3.32. The van der Waals surface area contributed by atoms with Gasteiger partial charge in [-0.15, -0.1) is 0 Å². The van der Waals surface area contributed by atoms with Crippen molar-refractivity contribution >= 4 is 17.7 Å². The molecule has 1 amide bonds. The smallest absolute Gasteiger partial charge is 0.270 e. The Morgan fingerprint density at radius 3 is 2.74 bits per heavy atom. The van der Waals surface area contributed by atoms with E-state index in [0.29, 0.717) is 17.3 Å². The number of hydrogen-bond acceptors (Lipinski definition) is 6. The zero-order valence-corrected chi connectivity index (χ0v) is 14.5. The quantitative estimate of drug-likeness (QED) is 0.378. The molecule has 0 aliphatic heterocycles. The molecule has 27 heavy (non-hydrogen) atoms. The number of rotatable bonds is 6. The molecule has 0 unspecified atom stereocenters. The van der Waals surface area contributed by atoms with Gasteiger partial charge in [-0.1, -0.05) is 47.6 Å². The van der Waals surface area contributed by atoms with Gasteiger partial charge in [-0.2, -0.15) is 4.98 Å². The van der Waals surface area contributed by atoms with Gasteiger partial charge >= 0.3 is 0 Å². The van der Waals surface area contributed by atoms with Crippen LogP contribution < -0.4 is 0 Å². The number of nitro benzene ring substituents is 1. The van der Waals surface area contributed by atoms with Crippen LogP contribution in [0.2, 0.25) is 0 Å². The highest BCUT2D eigenvalue weighted by Crippen LogP contribution is 2.16. The van der Waals surface area contributed by atoms with Crippen molar-refractivity contribution in [3.05, 3.63) is 82.2 Å². The Bertz CT molecular complexity index is 982. The van der Waals surface area contributed by atoms with Crippen LogP contribution in [0.3, 0.4) is 0 Å². The van der Waals surface area contributed by atoms with Gasteiger partial charge < -0.3 is 9.42 Å². The molecule has 0 radical (unpaired) electrons. The van der Waals surface area contributed by atoms with E-state index in [0.717, 1.165) is 5.56 Å². The van der Waals surface area contributed by atoms with Crippen molar-refractivity contribution in [3.63, 3.8) is 0 Å². The van der Waals surface area contributed by atoms with Crippen molar-refractivity contribution in [1.82, 2.24) is 15.0 Å². The topological polar surface area (TPSA) is 102 Å². The average Bonchev–Trinajstić information content (AvgIpc) is 3.15. The van der Waals surface area contributed by atoms with Crippen LogP contribution in [0.25, 0.3) is 17.5 Å². The molecular formula is C19H16N4O4. The van der Waals surface area contributed by atoms with Gasteiger partial charge in [0.2, 0.25) is 17.6 Å². The number of carbonyl (C=O) groups excluding carboxylic acids is 1. The van der Waals surface area contributed by atoms with E-state index >= 15 is 0 Å². The Morgan fingerprint density at radius 1 is 1.22 bits per heavy atom. The molecule has 2 aromatic carbocycles. The summed E-state index contributed by atoms with van der Waals surface area (Å²) in [4.78, 5) is 28.2. The summed E-state index contributed by atoms with van der Waals surface area (Å²) in [5.74, 6) is 0.480. The van der Waals surface area contributed by atoms with Gasteiger partial charge in [0.15, 0.2) is 0 Å².